The Bertz CT molecular complexity index is 1120. The number of benzene rings is 2. The molecule has 0 aliphatic carbocycles. The summed E-state index contributed by atoms with van der Waals surface area (Å²) in [7, 11) is 0. The first kappa shape index (κ1) is 21.8. The molecular formula is C19H10Cl3F2N3O3. The van der Waals surface area contributed by atoms with E-state index in [0.717, 1.165) is 18.2 Å². The number of hydrogen-bond acceptors (Lipinski definition) is 4. The van der Waals surface area contributed by atoms with Gasteiger partial charge in [-0.3, -0.25) is 10.1 Å². The summed E-state index contributed by atoms with van der Waals surface area (Å²) in [5.41, 5.74) is -0.659. The van der Waals surface area contributed by atoms with E-state index in [1.807, 2.05) is 5.32 Å². The number of carbonyl (C=O) groups excluding carboxylic acids is 2. The van der Waals surface area contributed by atoms with Crippen LogP contribution in [-0.4, -0.2) is 16.9 Å². The Labute approximate surface area is 183 Å². The number of pyridine rings is 1. The molecule has 0 aliphatic heterocycles. The number of imide groups is 1. The van der Waals surface area contributed by atoms with Crippen molar-refractivity contribution >= 4 is 52.4 Å². The standard InChI is InChI=1S/C19H10Cl3F2N3O3/c20-11-8-25-18(16(22)15(11)21)30-10-4-1-3-9(7-10)26-19(29)27-17(28)14-12(23)5-2-6-13(14)24/h1-8H,(H2,26,27,28,29). The van der Waals surface area contributed by atoms with E-state index in [1.165, 1.54) is 24.4 Å². The summed E-state index contributed by atoms with van der Waals surface area (Å²) in [6, 6.07) is 7.86. The third kappa shape index (κ3) is 4.96. The van der Waals surface area contributed by atoms with Crippen molar-refractivity contribution in [1.29, 1.82) is 0 Å². The monoisotopic (exact) mass is 471 g/mol. The molecule has 0 unspecified atom stereocenters. The van der Waals surface area contributed by atoms with Crippen LogP contribution in [0.15, 0.2) is 48.7 Å². The van der Waals surface area contributed by atoms with Crippen molar-refractivity contribution in [2.75, 3.05) is 5.32 Å². The molecule has 0 atom stereocenters. The van der Waals surface area contributed by atoms with E-state index >= 15 is 0 Å². The van der Waals surface area contributed by atoms with Gasteiger partial charge in [0.15, 0.2) is 0 Å². The van der Waals surface area contributed by atoms with Gasteiger partial charge in [0.2, 0.25) is 5.88 Å². The van der Waals surface area contributed by atoms with Gasteiger partial charge < -0.3 is 10.1 Å². The highest BCUT2D eigenvalue weighted by Crippen LogP contribution is 2.37. The maximum Gasteiger partial charge on any atom is 0.326 e. The number of urea groups is 1. The van der Waals surface area contributed by atoms with Crippen LogP contribution in [0.4, 0.5) is 19.3 Å². The van der Waals surface area contributed by atoms with Crippen molar-refractivity contribution in [1.82, 2.24) is 10.3 Å². The van der Waals surface area contributed by atoms with Gasteiger partial charge >= 0.3 is 6.03 Å². The second kappa shape index (κ2) is 9.25. The molecule has 6 nitrogen and oxygen atoms in total. The molecule has 0 radical (unpaired) electrons. The van der Waals surface area contributed by atoms with Crippen LogP contribution in [0.5, 0.6) is 11.6 Å². The summed E-state index contributed by atoms with van der Waals surface area (Å²) in [6.07, 6.45) is 1.26. The molecule has 3 amide bonds. The van der Waals surface area contributed by atoms with Gasteiger partial charge in [0.05, 0.1) is 16.2 Å². The fraction of sp³-hybridized carbons (Fsp3) is 0. The van der Waals surface area contributed by atoms with Gasteiger partial charge in [0.25, 0.3) is 5.91 Å². The highest BCUT2D eigenvalue weighted by atomic mass is 35.5. The highest BCUT2D eigenvalue weighted by Gasteiger charge is 2.19. The SMILES string of the molecule is O=C(NC(=O)c1c(F)cccc1F)Nc1cccc(Oc2ncc(Cl)c(Cl)c2Cl)c1. The number of rotatable bonds is 4. The zero-order chi connectivity index (χ0) is 21.8. The van der Waals surface area contributed by atoms with Crippen LogP contribution in [0.3, 0.4) is 0 Å². The van der Waals surface area contributed by atoms with Gasteiger partial charge in [-0.05, 0) is 24.3 Å². The Morgan fingerprint density at radius 2 is 1.63 bits per heavy atom. The fourth-order valence-electron chi connectivity index (χ4n) is 2.29. The number of aromatic nitrogens is 1. The average molecular weight is 473 g/mol. The van der Waals surface area contributed by atoms with E-state index < -0.39 is 29.1 Å². The van der Waals surface area contributed by atoms with Crippen LogP contribution >= 0.6 is 34.8 Å². The van der Waals surface area contributed by atoms with Gasteiger partial charge in [-0.1, -0.05) is 46.9 Å². The molecule has 30 heavy (non-hydrogen) atoms. The quantitative estimate of drug-likeness (QED) is 0.483. The van der Waals surface area contributed by atoms with Crippen molar-refractivity contribution < 1.29 is 23.1 Å². The van der Waals surface area contributed by atoms with E-state index in [2.05, 4.69) is 10.3 Å². The molecule has 0 spiro atoms. The third-order valence-corrected chi connectivity index (χ3v) is 4.83. The number of ether oxygens (including phenoxy) is 1. The lowest BCUT2D eigenvalue weighted by Crippen LogP contribution is -2.35. The van der Waals surface area contributed by atoms with Gasteiger partial charge in [0, 0.05) is 11.8 Å². The van der Waals surface area contributed by atoms with Gasteiger partial charge in [-0.15, -0.1) is 0 Å². The summed E-state index contributed by atoms with van der Waals surface area (Å²) in [6.45, 7) is 0. The minimum atomic E-state index is -1.23. The predicted octanol–water partition coefficient (Wildman–Crippen LogP) is 6.07. The second-order valence-corrected chi connectivity index (χ2v) is 6.84. The molecule has 154 valence electrons. The maximum absolute atomic E-state index is 13.6. The summed E-state index contributed by atoms with van der Waals surface area (Å²) < 4.78 is 32.8. The lowest BCUT2D eigenvalue weighted by atomic mass is 10.2. The van der Waals surface area contributed by atoms with Crippen molar-refractivity contribution in [3.8, 4) is 11.6 Å². The Kier molecular flexibility index (Phi) is 6.71. The van der Waals surface area contributed by atoms with E-state index in [4.69, 9.17) is 39.5 Å². The lowest BCUT2D eigenvalue weighted by molar-refractivity contribution is 0.0959. The number of anilines is 1. The van der Waals surface area contributed by atoms with E-state index in [-0.39, 0.29) is 32.4 Å². The minimum Gasteiger partial charge on any atom is -0.437 e. The van der Waals surface area contributed by atoms with Crippen molar-refractivity contribution in [3.63, 3.8) is 0 Å². The van der Waals surface area contributed by atoms with Crippen LogP contribution < -0.4 is 15.4 Å². The van der Waals surface area contributed by atoms with Crippen molar-refractivity contribution in [2.45, 2.75) is 0 Å². The zero-order valence-corrected chi connectivity index (χ0v) is 16.9. The largest absolute Gasteiger partial charge is 0.437 e. The molecule has 3 aromatic rings. The van der Waals surface area contributed by atoms with E-state index in [0.29, 0.717) is 0 Å². The van der Waals surface area contributed by atoms with Gasteiger partial charge in [-0.25, -0.2) is 18.6 Å². The van der Waals surface area contributed by atoms with Crippen molar-refractivity contribution in [2.24, 2.45) is 0 Å². The molecule has 2 aromatic carbocycles. The maximum atomic E-state index is 13.6. The predicted molar refractivity (Wildman–Crippen MR) is 109 cm³/mol. The number of amides is 3. The second-order valence-electron chi connectivity index (χ2n) is 5.67. The first-order valence-corrected chi connectivity index (χ1v) is 9.23. The number of nitrogens with one attached hydrogen (secondary N) is 2. The third-order valence-electron chi connectivity index (χ3n) is 3.61. The molecule has 0 saturated heterocycles. The molecule has 0 aliphatic rings. The molecule has 2 N–H and O–H groups in total. The fourth-order valence-corrected chi connectivity index (χ4v) is 2.80. The van der Waals surface area contributed by atoms with Crippen LogP contribution in [-0.2, 0) is 0 Å². The first-order chi connectivity index (χ1) is 14.3. The number of carbonyl (C=O) groups is 2. The molecule has 1 heterocycles. The molecule has 3 rings (SSSR count). The molecular weight excluding hydrogens is 463 g/mol. The van der Waals surface area contributed by atoms with Crippen LogP contribution in [0.25, 0.3) is 0 Å². The lowest BCUT2D eigenvalue weighted by Gasteiger charge is -2.11. The zero-order valence-electron chi connectivity index (χ0n) is 14.7. The highest BCUT2D eigenvalue weighted by molar-refractivity contribution is 6.48. The normalized spacial score (nSPS) is 10.4. The summed E-state index contributed by atoms with van der Waals surface area (Å²) >= 11 is 17.8. The number of nitrogens with zero attached hydrogens (tertiary/aromatic N) is 1. The number of halogens is 5. The Morgan fingerprint density at radius 3 is 2.33 bits per heavy atom. The summed E-state index contributed by atoms with van der Waals surface area (Å²) in [4.78, 5) is 27.9. The number of hydrogen-bond donors (Lipinski definition) is 2. The average Bonchev–Trinajstić information content (AvgIpc) is 2.68. The van der Waals surface area contributed by atoms with Gasteiger partial charge in [-0.2, -0.15) is 0 Å². The van der Waals surface area contributed by atoms with Crippen LogP contribution in [0.1, 0.15) is 10.4 Å². The van der Waals surface area contributed by atoms with E-state index in [9.17, 15) is 18.4 Å². The minimum absolute atomic E-state index is 0.00205. The topological polar surface area (TPSA) is 80.3 Å². The van der Waals surface area contributed by atoms with Crippen molar-refractivity contribution in [3.05, 3.63) is 80.9 Å². The summed E-state index contributed by atoms with van der Waals surface area (Å²) in [5.74, 6) is -3.21. The molecule has 0 fully saturated rings. The summed E-state index contributed by atoms with van der Waals surface area (Å²) in [5, 5.41) is 4.40. The smallest absolute Gasteiger partial charge is 0.326 e. The Hall–Kier alpha value is -2.94. The molecule has 0 saturated carbocycles. The molecule has 1 aromatic heterocycles. The van der Waals surface area contributed by atoms with Gasteiger partial charge in [0.1, 0.15) is 28.0 Å². The molecule has 11 heteroatoms. The Morgan fingerprint density at radius 1 is 0.967 bits per heavy atom. The van der Waals surface area contributed by atoms with E-state index in [1.54, 1.807) is 6.07 Å². The Balaban J connectivity index is 1.70. The molecule has 0 bridgehead atoms. The van der Waals surface area contributed by atoms with Crippen LogP contribution in [0.2, 0.25) is 15.1 Å². The first-order valence-electron chi connectivity index (χ1n) is 8.10. The van der Waals surface area contributed by atoms with Crippen LogP contribution in [0, 0.1) is 11.6 Å².